The molecule has 0 aromatic heterocycles. The Morgan fingerprint density at radius 3 is 2.55 bits per heavy atom. The standard InChI is InChI=1S/C15H11Br2ClO2/c1-2-20-14-4-3-10(16)8-13(14)15(19)9-5-11(17)7-12(18)6-9/h3-8H,2H2,1H3. The number of halogens is 3. The third-order valence-electron chi connectivity index (χ3n) is 2.61. The van der Waals surface area contributed by atoms with Crippen LogP contribution in [0.25, 0.3) is 0 Å². The topological polar surface area (TPSA) is 26.3 Å². The van der Waals surface area contributed by atoms with Crippen molar-refractivity contribution in [3.63, 3.8) is 0 Å². The molecule has 0 aliphatic carbocycles. The van der Waals surface area contributed by atoms with E-state index < -0.39 is 0 Å². The Morgan fingerprint density at radius 1 is 1.15 bits per heavy atom. The normalized spacial score (nSPS) is 10.4. The Kier molecular flexibility index (Phi) is 5.24. The fourth-order valence-electron chi connectivity index (χ4n) is 1.80. The Bertz CT molecular complexity index is 636. The second-order valence-electron chi connectivity index (χ2n) is 4.06. The first-order chi connectivity index (χ1) is 9.51. The van der Waals surface area contributed by atoms with Gasteiger partial charge in [0.1, 0.15) is 5.75 Å². The van der Waals surface area contributed by atoms with Crippen LogP contribution in [0.4, 0.5) is 0 Å². The zero-order valence-corrected chi connectivity index (χ0v) is 14.5. The minimum absolute atomic E-state index is 0.127. The molecule has 0 spiro atoms. The summed E-state index contributed by atoms with van der Waals surface area (Å²) in [6, 6.07) is 10.5. The third kappa shape index (κ3) is 3.62. The van der Waals surface area contributed by atoms with E-state index in [9.17, 15) is 4.79 Å². The maximum atomic E-state index is 12.6. The highest BCUT2D eigenvalue weighted by Crippen LogP contribution is 2.28. The van der Waals surface area contributed by atoms with Gasteiger partial charge >= 0.3 is 0 Å². The maximum absolute atomic E-state index is 12.6. The third-order valence-corrected chi connectivity index (χ3v) is 3.78. The number of carbonyl (C=O) groups is 1. The average Bonchev–Trinajstić information content (AvgIpc) is 2.39. The van der Waals surface area contributed by atoms with Gasteiger partial charge in [0.15, 0.2) is 5.78 Å². The molecule has 0 heterocycles. The van der Waals surface area contributed by atoms with E-state index in [0.29, 0.717) is 28.5 Å². The van der Waals surface area contributed by atoms with Gasteiger partial charge in [0.05, 0.1) is 12.2 Å². The molecule has 0 bridgehead atoms. The van der Waals surface area contributed by atoms with E-state index in [1.54, 1.807) is 30.3 Å². The summed E-state index contributed by atoms with van der Waals surface area (Å²) in [5.74, 6) is 0.440. The van der Waals surface area contributed by atoms with E-state index in [2.05, 4.69) is 31.9 Å². The molecule has 0 aliphatic heterocycles. The van der Waals surface area contributed by atoms with Gasteiger partial charge in [-0.3, -0.25) is 4.79 Å². The van der Waals surface area contributed by atoms with Crippen LogP contribution in [0.1, 0.15) is 22.8 Å². The van der Waals surface area contributed by atoms with Crippen LogP contribution in [0, 0.1) is 0 Å². The number of rotatable bonds is 4. The fourth-order valence-corrected chi connectivity index (χ4v) is 3.02. The summed E-state index contributed by atoms with van der Waals surface area (Å²) in [6.45, 7) is 2.38. The van der Waals surface area contributed by atoms with Crippen molar-refractivity contribution in [2.45, 2.75) is 6.92 Å². The zero-order valence-electron chi connectivity index (χ0n) is 10.6. The summed E-state index contributed by atoms with van der Waals surface area (Å²) >= 11 is 12.7. The SMILES string of the molecule is CCOc1ccc(Br)cc1C(=O)c1cc(Cl)cc(Br)c1. The Labute approximate surface area is 139 Å². The predicted molar refractivity (Wildman–Crippen MR) is 87.9 cm³/mol. The number of ether oxygens (including phenoxy) is 1. The van der Waals surface area contributed by atoms with Gasteiger partial charge in [-0.25, -0.2) is 0 Å². The highest BCUT2D eigenvalue weighted by molar-refractivity contribution is 9.10. The average molecular weight is 419 g/mol. The number of hydrogen-bond acceptors (Lipinski definition) is 2. The maximum Gasteiger partial charge on any atom is 0.196 e. The highest BCUT2D eigenvalue weighted by atomic mass is 79.9. The van der Waals surface area contributed by atoms with Crippen molar-refractivity contribution >= 4 is 49.2 Å². The predicted octanol–water partition coefficient (Wildman–Crippen LogP) is 5.49. The minimum Gasteiger partial charge on any atom is -0.493 e. The van der Waals surface area contributed by atoms with Crippen molar-refractivity contribution in [2.75, 3.05) is 6.61 Å². The molecule has 0 atom stereocenters. The molecule has 0 saturated carbocycles. The van der Waals surface area contributed by atoms with Crippen LogP contribution < -0.4 is 4.74 Å². The summed E-state index contributed by atoms with van der Waals surface area (Å²) in [5.41, 5.74) is 1.03. The van der Waals surface area contributed by atoms with E-state index in [1.165, 1.54) is 0 Å². The number of carbonyl (C=O) groups excluding carboxylic acids is 1. The van der Waals surface area contributed by atoms with Gasteiger partial charge in [-0.1, -0.05) is 43.5 Å². The number of hydrogen-bond donors (Lipinski definition) is 0. The summed E-state index contributed by atoms with van der Waals surface area (Å²) in [4.78, 5) is 12.6. The van der Waals surface area contributed by atoms with Crippen LogP contribution in [0.3, 0.4) is 0 Å². The summed E-state index contributed by atoms with van der Waals surface area (Å²) < 4.78 is 7.10. The molecule has 104 valence electrons. The molecule has 5 heteroatoms. The van der Waals surface area contributed by atoms with Crippen molar-refractivity contribution in [1.29, 1.82) is 0 Å². The summed E-state index contributed by atoms with van der Waals surface area (Å²) in [6.07, 6.45) is 0. The van der Waals surface area contributed by atoms with Gasteiger partial charge in [0.25, 0.3) is 0 Å². The lowest BCUT2D eigenvalue weighted by atomic mass is 10.0. The van der Waals surface area contributed by atoms with E-state index in [1.807, 2.05) is 13.0 Å². The second-order valence-corrected chi connectivity index (χ2v) is 6.33. The largest absolute Gasteiger partial charge is 0.493 e. The van der Waals surface area contributed by atoms with Crippen molar-refractivity contribution in [3.05, 3.63) is 61.5 Å². The van der Waals surface area contributed by atoms with Gasteiger partial charge in [-0.15, -0.1) is 0 Å². The lowest BCUT2D eigenvalue weighted by Gasteiger charge is -2.10. The van der Waals surface area contributed by atoms with Crippen LogP contribution in [0.15, 0.2) is 45.3 Å². The van der Waals surface area contributed by atoms with Crippen molar-refractivity contribution < 1.29 is 9.53 Å². The van der Waals surface area contributed by atoms with E-state index in [4.69, 9.17) is 16.3 Å². The molecule has 2 rings (SSSR count). The summed E-state index contributed by atoms with van der Waals surface area (Å²) in [7, 11) is 0. The smallest absolute Gasteiger partial charge is 0.196 e. The Morgan fingerprint density at radius 2 is 1.90 bits per heavy atom. The summed E-state index contributed by atoms with van der Waals surface area (Å²) in [5, 5.41) is 0.510. The first kappa shape index (κ1) is 15.5. The monoisotopic (exact) mass is 416 g/mol. The van der Waals surface area contributed by atoms with Crippen LogP contribution in [0.5, 0.6) is 5.75 Å². The molecular formula is C15H11Br2ClO2. The molecule has 0 fully saturated rings. The lowest BCUT2D eigenvalue weighted by molar-refractivity contribution is 0.103. The molecule has 0 N–H and O–H groups in total. The molecular weight excluding hydrogens is 407 g/mol. The molecule has 0 aliphatic rings. The quantitative estimate of drug-likeness (QED) is 0.614. The van der Waals surface area contributed by atoms with Crippen LogP contribution in [-0.2, 0) is 0 Å². The fraction of sp³-hybridized carbons (Fsp3) is 0.133. The molecule has 0 radical (unpaired) electrons. The van der Waals surface area contributed by atoms with Gasteiger partial charge < -0.3 is 4.74 Å². The van der Waals surface area contributed by atoms with Gasteiger partial charge in [-0.2, -0.15) is 0 Å². The van der Waals surface area contributed by atoms with Crippen LogP contribution >= 0.6 is 43.5 Å². The van der Waals surface area contributed by atoms with Gasteiger partial charge in [-0.05, 0) is 43.3 Å². The molecule has 2 aromatic carbocycles. The van der Waals surface area contributed by atoms with E-state index in [0.717, 1.165) is 8.95 Å². The zero-order chi connectivity index (χ0) is 14.7. The molecule has 20 heavy (non-hydrogen) atoms. The Balaban J connectivity index is 2.49. The van der Waals surface area contributed by atoms with Crippen molar-refractivity contribution in [1.82, 2.24) is 0 Å². The second kappa shape index (κ2) is 6.74. The minimum atomic E-state index is -0.127. The molecule has 2 aromatic rings. The van der Waals surface area contributed by atoms with Crippen LogP contribution in [0.2, 0.25) is 5.02 Å². The van der Waals surface area contributed by atoms with Crippen molar-refractivity contribution in [2.24, 2.45) is 0 Å². The van der Waals surface area contributed by atoms with Crippen molar-refractivity contribution in [3.8, 4) is 5.75 Å². The van der Waals surface area contributed by atoms with Crippen LogP contribution in [-0.4, -0.2) is 12.4 Å². The highest BCUT2D eigenvalue weighted by Gasteiger charge is 2.16. The first-order valence-corrected chi connectivity index (χ1v) is 7.91. The molecule has 0 saturated heterocycles. The molecule has 2 nitrogen and oxygen atoms in total. The van der Waals surface area contributed by atoms with E-state index >= 15 is 0 Å². The molecule has 0 amide bonds. The Hall–Kier alpha value is -0.840. The number of ketones is 1. The van der Waals surface area contributed by atoms with Gasteiger partial charge in [0.2, 0.25) is 0 Å². The lowest BCUT2D eigenvalue weighted by Crippen LogP contribution is -2.05. The van der Waals surface area contributed by atoms with E-state index in [-0.39, 0.29) is 5.78 Å². The first-order valence-electron chi connectivity index (χ1n) is 5.94. The number of benzene rings is 2. The molecule has 0 unspecified atom stereocenters. The van der Waals surface area contributed by atoms with Gasteiger partial charge in [0, 0.05) is 19.5 Å².